The highest BCUT2D eigenvalue weighted by molar-refractivity contribution is 5.97. The van der Waals surface area contributed by atoms with Crippen molar-refractivity contribution in [1.29, 1.82) is 5.26 Å². The maximum Gasteiger partial charge on any atom is 0.256 e. The quantitative estimate of drug-likeness (QED) is 0.856. The van der Waals surface area contributed by atoms with Crippen LogP contribution >= 0.6 is 0 Å². The Morgan fingerprint density at radius 2 is 2.05 bits per heavy atom. The highest BCUT2D eigenvalue weighted by atomic mass is 16.3. The lowest BCUT2D eigenvalue weighted by molar-refractivity contribution is 0.0900. The summed E-state index contributed by atoms with van der Waals surface area (Å²) in [5.41, 5.74) is 0.119. The molecule has 1 aromatic rings. The molecular formula is C15H18N2O2. The molecule has 1 aliphatic rings. The average molecular weight is 258 g/mol. The highest BCUT2D eigenvalue weighted by Crippen LogP contribution is 2.29. The van der Waals surface area contributed by atoms with Crippen molar-refractivity contribution >= 4 is 5.91 Å². The zero-order chi connectivity index (χ0) is 13.9. The van der Waals surface area contributed by atoms with Crippen LogP contribution in [0.2, 0.25) is 0 Å². The number of rotatable bonds is 2. The van der Waals surface area contributed by atoms with Crippen molar-refractivity contribution in [2.75, 3.05) is 0 Å². The van der Waals surface area contributed by atoms with Crippen LogP contribution in [0.4, 0.5) is 0 Å². The van der Waals surface area contributed by atoms with E-state index in [0.717, 1.165) is 19.3 Å². The number of nitriles is 1. The smallest absolute Gasteiger partial charge is 0.256 e. The first kappa shape index (κ1) is 13.4. The Morgan fingerprint density at radius 1 is 1.37 bits per heavy atom. The molecule has 2 N–H and O–H groups in total. The lowest BCUT2D eigenvalue weighted by atomic mass is 9.82. The molecule has 100 valence electrons. The molecule has 1 amide bonds. The number of aryl methyl sites for hydroxylation is 1. The molecule has 4 heteroatoms. The fourth-order valence-electron chi connectivity index (χ4n) is 2.55. The Balaban J connectivity index is 2.21. The summed E-state index contributed by atoms with van der Waals surface area (Å²) in [7, 11) is 0. The third-order valence-electron chi connectivity index (χ3n) is 3.76. The van der Waals surface area contributed by atoms with E-state index >= 15 is 0 Å². The maximum atomic E-state index is 12.2. The van der Waals surface area contributed by atoms with Gasteiger partial charge in [-0.1, -0.05) is 31.4 Å². The van der Waals surface area contributed by atoms with Gasteiger partial charge in [-0.05, 0) is 31.4 Å². The van der Waals surface area contributed by atoms with Crippen LogP contribution in [0.3, 0.4) is 0 Å². The number of phenolic OH excluding ortho intramolecular Hbond substituents is 1. The first-order valence-electron chi connectivity index (χ1n) is 6.60. The van der Waals surface area contributed by atoms with Gasteiger partial charge >= 0.3 is 0 Å². The summed E-state index contributed by atoms with van der Waals surface area (Å²) < 4.78 is 0. The van der Waals surface area contributed by atoms with Gasteiger partial charge in [-0.15, -0.1) is 0 Å². The fourth-order valence-corrected chi connectivity index (χ4v) is 2.55. The number of hydrogen-bond donors (Lipinski definition) is 2. The van der Waals surface area contributed by atoms with Crippen molar-refractivity contribution < 1.29 is 9.90 Å². The van der Waals surface area contributed by atoms with E-state index in [4.69, 9.17) is 0 Å². The van der Waals surface area contributed by atoms with Gasteiger partial charge in [-0.3, -0.25) is 4.79 Å². The Morgan fingerprint density at radius 3 is 2.68 bits per heavy atom. The number of aromatic hydroxyl groups is 1. The molecule has 1 saturated carbocycles. The van der Waals surface area contributed by atoms with Crippen molar-refractivity contribution in [3.63, 3.8) is 0 Å². The second-order valence-electron chi connectivity index (χ2n) is 5.18. The average Bonchev–Trinajstić information content (AvgIpc) is 2.42. The zero-order valence-electron chi connectivity index (χ0n) is 11.1. The van der Waals surface area contributed by atoms with E-state index in [1.807, 2.05) is 0 Å². The minimum absolute atomic E-state index is 0.0103. The predicted molar refractivity (Wildman–Crippen MR) is 71.7 cm³/mol. The molecule has 0 atom stereocenters. The third kappa shape index (κ3) is 2.70. The number of nitrogens with zero attached hydrogens (tertiary/aromatic N) is 1. The monoisotopic (exact) mass is 258 g/mol. The second-order valence-corrected chi connectivity index (χ2v) is 5.18. The van der Waals surface area contributed by atoms with Crippen LogP contribution in [0.15, 0.2) is 18.2 Å². The first-order valence-corrected chi connectivity index (χ1v) is 6.60. The predicted octanol–water partition coefficient (Wildman–Crippen LogP) is 2.66. The standard InChI is InChI=1S/C15H18N2O2/c1-11-6-5-7-12(13(11)18)14(19)17-15(10-16)8-3-2-4-9-15/h5-7,18H,2-4,8-9H2,1H3,(H,17,19). The third-order valence-corrected chi connectivity index (χ3v) is 3.76. The SMILES string of the molecule is Cc1cccc(C(=O)NC2(C#N)CCCCC2)c1O. The van der Waals surface area contributed by atoms with Gasteiger partial charge in [0.05, 0.1) is 11.6 Å². The molecule has 19 heavy (non-hydrogen) atoms. The lowest BCUT2D eigenvalue weighted by Gasteiger charge is -2.31. The van der Waals surface area contributed by atoms with E-state index in [-0.39, 0.29) is 17.2 Å². The summed E-state index contributed by atoms with van der Waals surface area (Å²) in [4.78, 5) is 12.2. The van der Waals surface area contributed by atoms with E-state index in [0.29, 0.717) is 18.4 Å². The molecule has 1 fully saturated rings. The van der Waals surface area contributed by atoms with Gasteiger partial charge in [0, 0.05) is 0 Å². The van der Waals surface area contributed by atoms with Crippen molar-refractivity contribution in [2.24, 2.45) is 0 Å². The van der Waals surface area contributed by atoms with Crippen molar-refractivity contribution in [1.82, 2.24) is 5.32 Å². The molecule has 0 aromatic heterocycles. The highest BCUT2D eigenvalue weighted by Gasteiger charge is 2.34. The van der Waals surface area contributed by atoms with Gasteiger partial charge in [0.15, 0.2) is 0 Å². The van der Waals surface area contributed by atoms with Gasteiger partial charge in [-0.2, -0.15) is 5.26 Å². The van der Waals surface area contributed by atoms with Gasteiger partial charge in [-0.25, -0.2) is 0 Å². The minimum atomic E-state index is -0.772. The van der Waals surface area contributed by atoms with Gasteiger partial charge in [0.25, 0.3) is 5.91 Å². The summed E-state index contributed by atoms with van der Waals surface area (Å²) in [6.45, 7) is 1.74. The Hall–Kier alpha value is -2.02. The molecule has 4 nitrogen and oxygen atoms in total. The number of para-hydroxylation sites is 1. The van der Waals surface area contributed by atoms with Crippen LogP contribution < -0.4 is 5.32 Å². The van der Waals surface area contributed by atoms with Crippen LogP contribution in [0.25, 0.3) is 0 Å². The van der Waals surface area contributed by atoms with E-state index < -0.39 is 5.54 Å². The van der Waals surface area contributed by atoms with Crippen LogP contribution in [-0.2, 0) is 0 Å². The number of carbonyl (C=O) groups excluding carboxylic acids is 1. The summed E-state index contributed by atoms with van der Waals surface area (Å²) >= 11 is 0. The largest absolute Gasteiger partial charge is 0.507 e. The van der Waals surface area contributed by atoms with Crippen molar-refractivity contribution in [2.45, 2.75) is 44.6 Å². The number of benzene rings is 1. The molecule has 0 heterocycles. The zero-order valence-corrected chi connectivity index (χ0v) is 11.1. The minimum Gasteiger partial charge on any atom is -0.507 e. The summed E-state index contributed by atoms with van der Waals surface area (Å²) in [6, 6.07) is 7.28. The Bertz CT molecular complexity index is 525. The Labute approximate surface area is 113 Å². The summed E-state index contributed by atoms with van der Waals surface area (Å²) in [5, 5.41) is 22.1. The van der Waals surface area contributed by atoms with Crippen molar-refractivity contribution in [3.8, 4) is 11.8 Å². The second kappa shape index (κ2) is 5.31. The fraction of sp³-hybridized carbons (Fsp3) is 0.467. The number of hydrogen-bond acceptors (Lipinski definition) is 3. The molecule has 1 aliphatic carbocycles. The van der Waals surface area contributed by atoms with Crippen LogP contribution in [0, 0.1) is 18.3 Å². The number of phenols is 1. The van der Waals surface area contributed by atoms with Crippen LogP contribution in [-0.4, -0.2) is 16.6 Å². The number of carbonyl (C=O) groups is 1. The molecule has 2 rings (SSSR count). The Kier molecular flexibility index (Phi) is 3.75. The van der Waals surface area contributed by atoms with Gasteiger partial charge < -0.3 is 10.4 Å². The van der Waals surface area contributed by atoms with Crippen LogP contribution in [0.1, 0.15) is 48.0 Å². The number of nitrogens with one attached hydrogen (secondary N) is 1. The van der Waals surface area contributed by atoms with Crippen LogP contribution in [0.5, 0.6) is 5.75 Å². The maximum absolute atomic E-state index is 12.2. The van der Waals surface area contributed by atoms with Gasteiger partial charge in [0.1, 0.15) is 11.3 Å². The topological polar surface area (TPSA) is 73.1 Å². The molecule has 0 spiro atoms. The number of amides is 1. The first-order chi connectivity index (χ1) is 9.08. The molecule has 0 radical (unpaired) electrons. The van der Waals surface area contributed by atoms with E-state index in [9.17, 15) is 15.2 Å². The molecule has 0 aliphatic heterocycles. The molecule has 0 saturated heterocycles. The summed E-state index contributed by atoms with van der Waals surface area (Å²) in [5.74, 6) is -0.381. The van der Waals surface area contributed by atoms with Crippen molar-refractivity contribution in [3.05, 3.63) is 29.3 Å². The molecular weight excluding hydrogens is 240 g/mol. The molecule has 1 aromatic carbocycles. The van der Waals surface area contributed by atoms with E-state index in [1.54, 1.807) is 25.1 Å². The lowest BCUT2D eigenvalue weighted by Crippen LogP contribution is -2.48. The van der Waals surface area contributed by atoms with E-state index in [1.165, 1.54) is 0 Å². The summed E-state index contributed by atoms with van der Waals surface area (Å²) in [6.07, 6.45) is 4.37. The van der Waals surface area contributed by atoms with E-state index in [2.05, 4.69) is 11.4 Å². The molecule has 0 unspecified atom stereocenters. The normalized spacial score (nSPS) is 17.5. The van der Waals surface area contributed by atoms with Gasteiger partial charge in [0.2, 0.25) is 0 Å². The molecule has 0 bridgehead atoms.